The van der Waals surface area contributed by atoms with E-state index in [0.29, 0.717) is 18.5 Å². The van der Waals surface area contributed by atoms with Gasteiger partial charge in [-0.1, -0.05) is 19.9 Å². The topological polar surface area (TPSA) is 71.9 Å². The maximum atomic E-state index is 9.39. The highest BCUT2D eigenvalue weighted by Crippen LogP contribution is 2.33. The molecule has 182 valence electrons. The van der Waals surface area contributed by atoms with Crippen LogP contribution in [0, 0.1) is 0 Å². The minimum Gasteiger partial charge on any atom is -0.395 e. The van der Waals surface area contributed by atoms with Gasteiger partial charge in [0.05, 0.1) is 24.0 Å². The monoisotopic (exact) mass is 455 g/mol. The van der Waals surface area contributed by atoms with Crippen LogP contribution in [-0.2, 0) is 13.0 Å². The molecule has 0 spiro atoms. The maximum absolute atomic E-state index is 9.39. The summed E-state index contributed by atoms with van der Waals surface area (Å²) in [5.74, 6) is 1.66. The minimum atomic E-state index is 0.0817. The molecule has 1 saturated heterocycles. The third-order valence-electron chi connectivity index (χ3n) is 6.47. The van der Waals surface area contributed by atoms with Gasteiger partial charge in [-0.15, -0.1) is 0 Å². The number of aliphatic hydroxyl groups is 1. The Morgan fingerprint density at radius 2 is 1.88 bits per heavy atom. The summed E-state index contributed by atoms with van der Waals surface area (Å²) >= 11 is 0. The highest BCUT2D eigenvalue weighted by molar-refractivity contribution is 5.46. The molecule has 1 fully saturated rings. The van der Waals surface area contributed by atoms with Crippen molar-refractivity contribution in [1.82, 2.24) is 24.8 Å². The van der Waals surface area contributed by atoms with Crippen LogP contribution in [0.4, 0.5) is 11.8 Å². The van der Waals surface area contributed by atoms with Crippen molar-refractivity contribution < 1.29 is 5.11 Å². The van der Waals surface area contributed by atoms with E-state index in [1.165, 1.54) is 17.7 Å². The lowest BCUT2D eigenvalue weighted by Crippen LogP contribution is -2.45. The number of fused-ring (bicyclic) bond motifs is 1. The number of piperazine rings is 1. The molecule has 8 heteroatoms. The van der Waals surface area contributed by atoms with E-state index < -0.39 is 0 Å². The van der Waals surface area contributed by atoms with Crippen molar-refractivity contribution >= 4 is 11.8 Å². The molecular formula is C25H41N7O. The summed E-state index contributed by atoms with van der Waals surface area (Å²) < 4.78 is 0. The van der Waals surface area contributed by atoms with Crippen molar-refractivity contribution in [2.24, 2.45) is 0 Å². The van der Waals surface area contributed by atoms with E-state index in [1.807, 2.05) is 38.1 Å². The molecule has 2 aliphatic rings. The fourth-order valence-electron chi connectivity index (χ4n) is 4.55. The highest BCUT2D eigenvalue weighted by atomic mass is 16.3. The molecule has 3 heterocycles. The number of nitrogens with zero attached hydrogens (tertiary/aromatic N) is 7. The normalized spacial score (nSPS) is 18.5. The number of hydrogen-bond acceptors (Lipinski definition) is 8. The summed E-state index contributed by atoms with van der Waals surface area (Å²) in [5.41, 5.74) is 3.59. The van der Waals surface area contributed by atoms with Gasteiger partial charge in [-0.25, -0.2) is 4.98 Å². The van der Waals surface area contributed by atoms with E-state index in [4.69, 9.17) is 15.0 Å². The average Bonchev–Trinajstić information content (AvgIpc) is 2.85. The third kappa shape index (κ3) is 6.40. The summed E-state index contributed by atoms with van der Waals surface area (Å²) in [4.78, 5) is 23.4. The number of pyridine rings is 1. The number of aliphatic hydroxyl groups excluding tert-OH is 1. The zero-order valence-corrected chi connectivity index (χ0v) is 21.0. The zero-order chi connectivity index (χ0) is 23.8. The standard InChI is InChI=1S/C23H35N7O.C2H6/c1-27-10-12-30(13-11-27)21-16-19(25-23(26-21)28(2)14-15-31)17-29(3)20-8-4-6-18-7-5-9-24-22(18)20;1-2/h5,7,9,16,20,31H,4,6,8,10-15,17H2,1-3H3;1-2H3. The van der Waals surface area contributed by atoms with Crippen molar-refractivity contribution in [3.8, 4) is 0 Å². The molecular weight excluding hydrogens is 414 g/mol. The first-order valence-electron chi connectivity index (χ1n) is 12.3. The number of likely N-dealkylation sites (N-methyl/N-ethyl adjacent to an activating group) is 2. The lowest BCUT2D eigenvalue weighted by Gasteiger charge is -2.34. The molecule has 0 saturated carbocycles. The van der Waals surface area contributed by atoms with Gasteiger partial charge in [-0.05, 0) is 45.0 Å². The predicted molar refractivity (Wildman–Crippen MR) is 135 cm³/mol. The van der Waals surface area contributed by atoms with E-state index in [9.17, 15) is 5.11 Å². The van der Waals surface area contributed by atoms with E-state index in [2.05, 4.69) is 40.9 Å². The van der Waals surface area contributed by atoms with Crippen LogP contribution in [0.25, 0.3) is 0 Å². The second-order valence-electron chi connectivity index (χ2n) is 8.82. The lowest BCUT2D eigenvalue weighted by molar-refractivity contribution is 0.206. The number of aryl methyl sites for hydroxylation is 1. The van der Waals surface area contributed by atoms with Crippen LogP contribution in [0.5, 0.6) is 0 Å². The van der Waals surface area contributed by atoms with Gasteiger partial charge in [0.25, 0.3) is 0 Å². The van der Waals surface area contributed by atoms with Crippen molar-refractivity contribution in [1.29, 1.82) is 0 Å². The van der Waals surface area contributed by atoms with Gasteiger partial charge in [0, 0.05) is 58.6 Å². The summed E-state index contributed by atoms with van der Waals surface area (Å²) in [7, 11) is 6.27. The fraction of sp³-hybridized carbons (Fsp3) is 0.640. The smallest absolute Gasteiger partial charge is 0.227 e. The Morgan fingerprint density at radius 3 is 2.61 bits per heavy atom. The minimum absolute atomic E-state index is 0.0817. The van der Waals surface area contributed by atoms with Crippen LogP contribution < -0.4 is 9.80 Å². The summed E-state index contributed by atoms with van der Waals surface area (Å²) in [6.45, 7) is 9.33. The number of anilines is 2. The van der Waals surface area contributed by atoms with Crippen molar-refractivity contribution in [3.05, 3.63) is 41.3 Å². The van der Waals surface area contributed by atoms with Gasteiger partial charge in [0.1, 0.15) is 5.82 Å². The highest BCUT2D eigenvalue weighted by Gasteiger charge is 2.26. The van der Waals surface area contributed by atoms with Gasteiger partial charge in [-0.2, -0.15) is 4.98 Å². The molecule has 1 aliphatic carbocycles. The molecule has 0 amide bonds. The first-order chi connectivity index (χ1) is 16.0. The predicted octanol–water partition coefficient (Wildman–Crippen LogP) is 2.59. The molecule has 2 aromatic rings. The summed E-state index contributed by atoms with van der Waals surface area (Å²) in [5, 5.41) is 9.39. The fourth-order valence-corrected chi connectivity index (χ4v) is 4.55. The van der Waals surface area contributed by atoms with Crippen LogP contribution in [0.2, 0.25) is 0 Å². The molecule has 0 aromatic carbocycles. The average molecular weight is 456 g/mol. The maximum Gasteiger partial charge on any atom is 0.227 e. The lowest BCUT2D eigenvalue weighted by atomic mass is 9.91. The van der Waals surface area contributed by atoms with Crippen molar-refractivity contribution in [2.75, 3.05) is 70.3 Å². The van der Waals surface area contributed by atoms with Crippen molar-refractivity contribution in [3.63, 3.8) is 0 Å². The summed E-state index contributed by atoms with van der Waals surface area (Å²) in [6.07, 6.45) is 5.33. The van der Waals surface area contributed by atoms with E-state index in [-0.39, 0.29) is 6.61 Å². The first kappa shape index (κ1) is 25.3. The molecule has 8 nitrogen and oxygen atoms in total. The second kappa shape index (κ2) is 12.3. The SMILES string of the molecule is CC.CN1CCN(c2cc(CN(C)C3CCCc4cccnc43)nc(N(C)CCO)n2)CC1. The Balaban J connectivity index is 0.00000149. The van der Waals surface area contributed by atoms with Crippen LogP contribution in [0.1, 0.15) is 49.7 Å². The Bertz CT molecular complexity index is 870. The second-order valence-corrected chi connectivity index (χ2v) is 8.82. The first-order valence-corrected chi connectivity index (χ1v) is 12.3. The molecule has 0 radical (unpaired) electrons. The van der Waals surface area contributed by atoms with Crippen molar-refractivity contribution in [2.45, 2.75) is 45.7 Å². The molecule has 33 heavy (non-hydrogen) atoms. The van der Waals surface area contributed by atoms with Gasteiger partial charge in [-0.3, -0.25) is 9.88 Å². The quantitative estimate of drug-likeness (QED) is 0.683. The van der Waals surface area contributed by atoms with Gasteiger partial charge >= 0.3 is 0 Å². The van der Waals surface area contributed by atoms with Gasteiger partial charge < -0.3 is 19.8 Å². The number of aromatic nitrogens is 3. The van der Waals surface area contributed by atoms with E-state index in [0.717, 1.165) is 57.1 Å². The largest absolute Gasteiger partial charge is 0.395 e. The molecule has 1 aliphatic heterocycles. The van der Waals surface area contributed by atoms with Crippen LogP contribution in [0.15, 0.2) is 24.4 Å². The number of rotatable bonds is 7. The Labute approximate surface area is 199 Å². The Hall–Kier alpha value is -2.29. The number of hydrogen-bond donors (Lipinski definition) is 1. The van der Waals surface area contributed by atoms with E-state index in [1.54, 1.807) is 0 Å². The van der Waals surface area contributed by atoms with Crippen LogP contribution in [0.3, 0.4) is 0 Å². The molecule has 1 atom stereocenters. The Morgan fingerprint density at radius 1 is 1.12 bits per heavy atom. The molecule has 0 bridgehead atoms. The van der Waals surface area contributed by atoms with Gasteiger partial charge in [0.15, 0.2) is 0 Å². The third-order valence-corrected chi connectivity index (χ3v) is 6.47. The van der Waals surface area contributed by atoms with Gasteiger partial charge in [0.2, 0.25) is 5.95 Å². The van der Waals surface area contributed by atoms with E-state index >= 15 is 0 Å². The molecule has 4 rings (SSSR count). The molecule has 2 aromatic heterocycles. The zero-order valence-electron chi connectivity index (χ0n) is 21.0. The Kier molecular flexibility index (Phi) is 9.41. The summed E-state index contributed by atoms with van der Waals surface area (Å²) in [6, 6.07) is 6.70. The van der Waals surface area contributed by atoms with Crippen LogP contribution >= 0.6 is 0 Å². The molecule has 1 unspecified atom stereocenters. The van der Waals surface area contributed by atoms with Crippen LogP contribution in [-0.4, -0.2) is 90.3 Å². The molecule has 1 N–H and O–H groups in total.